The van der Waals surface area contributed by atoms with Gasteiger partial charge in [-0.1, -0.05) is 42.8 Å². The van der Waals surface area contributed by atoms with Gasteiger partial charge in [0.2, 0.25) is 5.91 Å². The summed E-state index contributed by atoms with van der Waals surface area (Å²) in [6, 6.07) is 15.1. The lowest BCUT2D eigenvalue weighted by atomic mass is 9.91. The maximum absolute atomic E-state index is 13.5. The van der Waals surface area contributed by atoms with Crippen LogP contribution in [0.5, 0.6) is 0 Å². The molecule has 0 aromatic heterocycles. The van der Waals surface area contributed by atoms with Crippen molar-refractivity contribution >= 4 is 17.4 Å². The van der Waals surface area contributed by atoms with Crippen LogP contribution in [-0.2, 0) is 17.6 Å². The summed E-state index contributed by atoms with van der Waals surface area (Å²) in [5.41, 5.74) is 6.25. The maximum atomic E-state index is 13.5. The summed E-state index contributed by atoms with van der Waals surface area (Å²) in [7, 11) is 5.75. The van der Waals surface area contributed by atoms with Crippen molar-refractivity contribution in [2.24, 2.45) is 4.99 Å². The topological polar surface area (TPSA) is 35.9 Å². The van der Waals surface area contributed by atoms with E-state index < -0.39 is 0 Å². The molecule has 3 rings (SSSR count). The number of nitrogens with zero attached hydrogens (tertiary/aromatic N) is 3. The van der Waals surface area contributed by atoms with Gasteiger partial charge in [0.1, 0.15) is 5.84 Å². The van der Waals surface area contributed by atoms with E-state index in [0.717, 1.165) is 24.4 Å². The van der Waals surface area contributed by atoms with Crippen LogP contribution in [0.25, 0.3) is 0 Å². The van der Waals surface area contributed by atoms with Crippen LogP contribution in [0.3, 0.4) is 0 Å². The molecule has 1 atom stereocenters. The molecule has 2 aromatic carbocycles. The molecular formula is C26H35N3O. The van der Waals surface area contributed by atoms with Crippen LogP contribution in [-0.4, -0.2) is 44.3 Å². The van der Waals surface area contributed by atoms with Crippen molar-refractivity contribution in [3.63, 3.8) is 0 Å². The number of rotatable bonds is 6. The largest absolute Gasteiger partial charge is 0.365 e. The molecule has 0 heterocycles. The van der Waals surface area contributed by atoms with Gasteiger partial charge in [0, 0.05) is 33.3 Å². The molecule has 4 heteroatoms. The molecule has 0 aliphatic heterocycles. The molecule has 1 amide bonds. The molecular weight excluding hydrogens is 370 g/mol. The Labute approximate surface area is 181 Å². The number of amides is 1. The SMILES string of the molecule is CN=C(CN(C(=O)C[C@H](C)c1ccc(C)cc1)c1ccc2c(c1)CCCC2)N(C)C. The van der Waals surface area contributed by atoms with Crippen molar-refractivity contribution in [3.8, 4) is 0 Å². The average molecular weight is 406 g/mol. The van der Waals surface area contributed by atoms with E-state index in [1.807, 2.05) is 23.9 Å². The Morgan fingerprint density at radius 1 is 1.03 bits per heavy atom. The van der Waals surface area contributed by atoms with Crippen LogP contribution < -0.4 is 4.90 Å². The molecule has 160 valence electrons. The Morgan fingerprint density at radius 3 is 2.33 bits per heavy atom. The number of hydrogen-bond acceptors (Lipinski definition) is 2. The molecule has 1 aliphatic carbocycles. The van der Waals surface area contributed by atoms with Crippen molar-refractivity contribution in [1.82, 2.24) is 4.90 Å². The van der Waals surface area contributed by atoms with E-state index in [1.165, 1.54) is 35.1 Å². The van der Waals surface area contributed by atoms with Crippen LogP contribution >= 0.6 is 0 Å². The van der Waals surface area contributed by atoms with Crippen LogP contribution in [0.1, 0.15) is 54.4 Å². The molecule has 1 aliphatic rings. The van der Waals surface area contributed by atoms with Gasteiger partial charge in [-0.15, -0.1) is 0 Å². The number of anilines is 1. The van der Waals surface area contributed by atoms with Gasteiger partial charge in [0.25, 0.3) is 0 Å². The fourth-order valence-corrected chi connectivity index (χ4v) is 4.15. The minimum Gasteiger partial charge on any atom is -0.365 e. The first-order valence-electron chi connectivity index (χ1n) is 11.0. The van der Waals surface area contributed by atoms with Gasteiger partial charge in [0.05, 0.1) is 6.54 Å². The standard InChI is InChI=1S/C26H35N3O/c1-19-10-12-21(13-11-19)20(2)16-26(30)29(18-25(27-3)28(4)5)24-15-14-22-8-6-7-9-23(22)17-24/h10-15,17,20H,6-9,16,18H2,1-5H3/t20-/m0/s1. The summed E-state index contributed by atoms with van der Waals surface area (Å²) >= 11 is 0. The number of likely N-dealkylation sites (N-methyl/N-ethyl adjacent to an activating group) is 1. The zero-order valence-corrected chi connectivity index (χ0v) is 19.1. The van der Waals surface area contributed by atoms with Crippen LogP contribution in [0.2, 0.25) is 0 Å². The van der Waals surface area contributed by atoms with Crippen LogP contribution in [0.15, 0.2) is 47.5 Å². The number of carbonyl (C=O) groups is 1. The molecule has 0 fully saturated rings. The fourth-order valence-electron chi connectivity index (χ4n) is 4.15. The second-order valence-electron chi connectivity index (χ2n) is 8.69. The molecule has 0 saturated carbocycles. The third kappa shape index (κ3) is 5.29. The Bertz CT molecular complexity index is 899. The van der Waals surface area contributed by atoms with E-state index >= 15 is 0 Å². The molecule has 4 nitrogen and oxygen atoms in total. The highest BCUT2D eigenvalue weighted by Crippen LogP contribution is 2.28. The van der Waals surface area contributed by atoms with Gasteiger partial charge >= 0.3 is 0 Å². The van der Waals surface area contributed by atoms with Crippen molar-refractivity contribution in [2.75, 3.05) is 32.6 Å². The summed E-state index contributed by atoms with van der Waals surface area (Å²) in [4.78, 5) is 21.8. The highest BCUT2D eigenvalue weighted by atomic mass is 16.2. The molecule has 0 saturated heterocycles. The van der Waals surface area contributed by atoms with Gasteiger partial charge in [-0.05, 0) is 67.3 Å². The van der Waals surface area contributed by atoms with E-state index in [-0.39, 0.29) is 11.8 Å². The monoisotopic (exact) mass is 405 g/mol. The predicted molar refractivity (Wildman–Crippen MR) is 127 cm³/mol. The molecule has 0 spiro atoms. The Morgan fingerprint density at radius 2 is 1.70 bits per heavy atom. The lowest BCUT2D eigenvalue weighted by Gasteiger charge is -2.29. The van der Waals surface area contributed by atoms with Gasteiger partial charge < -0.3 is 9.80 Å². The third-order valence-electron chi connectivity index (χ3n) is 6.15. The minimum absolute atomic E-state index is 0.141. The van der Waals surface area contributed by atoms with Crippen molar-refractivity contribution in [1.29, 1.82) is 0 Å². The highest BCUT2D eigenvalue weighted by Gasteiger charge is 2.23. The minimum atomic E-state index is 0.141. The number of hydrogen-bond donors (Lipinski definition) is 0. The van der Waals surface area contributed by atoms with Crippen LogP contribution in [0.4, 0.5) is 5.69 Å². The number of benzene rings is 2. The first-order chi connectivity index (χ1) is 14.4. The van der Waals surface area contributed by atoms with Crippen molar-refractivity contribution in [3.05, 3.63) is 64.7 Å². The summed E-state index contributed by atoms with van der Waals surface area (Å²) < 4.78 is 0. The van der Waals surface area contributed by atoms with E-state index in [1.54, 1.807) is 7.05 Å². The lowest BCUT2D eigenvalue weighted by molar-refractivity contribution is -0.118. The first-order valence-corrected chi connectivity index (χ1v) is 11.0. The third-order valence-corrected chi connectivity index (χ3v) is 6.15. The van der Waals surface area contributed by atoms with Crippen molar-refractivity contribution < 1.29 is 4.79 Å². The zero-order valence-electron chi connectivity index (χ0n) is 19.1. The molecule has 0 unspecified atom stereocenters. The van der Waals surface area contributed by atoms with E-state index in [4.69, 9.17) is 0 Å². The number of amidine groups is 1. The molecule has 0 N–H and O–H groups in total. The van der Waals surface area contributed by atoms with Crippen LogP contribution in [0, 0.1) is 6.92 Å². The summed E-state index contributed by atoms with van der Waals surface area (Å²) in [6.45, 7) is 4.71. The molecule has 0 radical (unpaired) electrons. The molecule has 30 heavy (non-hydrogen) atoms. The number of aliphatic imine (C=N–C) groups is 1. The predicted octanol–water partition coefficient (Wildman–Crippen LogP) is 4.99. The fraction of sp³-hybridized carbons (Fsp3) is 0.462. The summed E-state index contributed by atoms with van der Waals surface area (Å²) in [5.74, 6) is 1.20. The Hall–Kier alpha value is -2.62. The highest BCUT2D eigenvalue weighted by molar-refractivity contribution is 6.00. The number of fused-ring (bicyclic) bond motifs is 1. The molecule has 2 aromatic rings. The normalized spacial score (nSPS) is 14.8. The van der Waals surface area contributed by atoms with E-state index in [2.05, 4.69) is 61.3 Å². The smallest absolute Gasteiger partial charge is 0.228 e. The zero-order chi connectivity index (χ0) is 21.7. The van der Waals surface area contributed by atoms with Gasteiger partial charge in [-0.3, -0.25) is 9.79 Å². The molecule has 0 bridgehead atoms. The lowest BCUT2D eigenvalue weighted by Crippen LogP contribution is -2.41. The number of aryl methyl sites for hydroxylation is 3. The quantitative estimate of drug-likeness (QED) is 0.501. The van der Waals surface area contributed by atoms with Gasteiger partial charge in [-0.2, -0.15) is 0 Å². The second-order valence-corrected chi connectivity index (χ2v) is 8.69. The average Bonchev–Trinajstić information content (AvgIpc) is 2.74. The number of carbonyl (C=O) groups excluding carboxylic acids is 1. The summed E-state index contributed by atoms with van der Waals surface area (Å²) in [5, 5.41) is 0. The second kappa shape index (κ2) is 9.92. The first kappa shape index (κ1) is 22.1. The van der Waals surface area contributed by atoms with E-state index in [0.29, 0.717) is 13.0 Å². The van der Waals surface area contributed by atoms with E-state index in [9.17, 15) is 4.79 Å². The Balaban J connectivity index is 1.86. The van der Waals surface area contributed by atoms with Gasteiger partial charge in [0.15, 0.2) is 0 Å². The summed E-state index contributed by atoms with van der Waals surface area (Å²) in [6.07, 6.45) is 5.22. The van der Waals surface area contributed by atoms with Crippen molar-refractivity contribution in [2.45, 2.75) is 51.9 Å². The Kier molecular flexibility index (Phi) is 7.30. The maximum Gasteiger partial charge on any atom is 0.228 e. The van der Waals surface area contributed by atoms with Gasteiger partial charge in [-0.25, -0.2) is 0 Å².